The first-order valence-corrected chi connectivity index (χ1v) is 4.96. The molecule has 0 aliphatic carbocycles. The maximum absolute atomic E-state index is 11.4. The van der Waals surface area contributed by atoms with Crippen molar-refractivity contribution in [2.75, 3.05) is 5.32 Å². The summed E-state index contributed by atoms with van der Waals surface area (Å²) in [6.07, 6.45) is 3.20. The second kappa shape index (κ2) is 4.83. The molecule has 0 bridgehead atoms. The van der Waals surface area contributed by atoms with Gasteiger partial charge in [0.1, 0.15) is 11.9 Å². The predicted octanol–water partition coefficient (Wildman–Crippen LogP) is 2.75. The molecular formula is C11H16N2O3. The molecule has 0 saturated carbocycles. The van der Waals surface area contributed by atoms with E-state index in [1.54, 1.807) is 26.8 Å². The van der Waals surface area contributed by atoms with Crippen LogP contribution in [-0.4, -0.2) is 16.9 Å². The molecule has 1 aromatic heterocycles. The molecule has 0 unspecified atom stereocenters. The minimum Gasteiger partial charge on any atom is -0.444 e. The zero-order valence-electron chi connectivity index (χ0n) is 9.74. The highest BCUT2D eigenvalue weighted by Crippen LogP contribution is 2.15. The minimum absolute atomic E-state index is 0.370. The highest BCUT2D eigenvalue weighted by Gasteiger charge is 2.18. The molecule has 0 fully saturated rings. The Morgan fingerprint density at radius 2 is 2.38 bits per heavy atom. The van der Waals surface area contributed by atoms with Gasteiger partial charge in [0, 0.05) is 5.56 Å². The van der Waals surface area contributed by atoms with Gasteiger partial charge >= 0.3 is 6.09 Å². The molecule has 5 nitrogen and oxygen atoms in total. The summed E-state index contributed by atoms with van der Waals surface area (Å²) in [5.74, 6) is 0.370. The Morgan fingerprint density at radius 1 is 1.69 bits per heavy atom. The summed E-state index contributed by atoms with van der Waals surface area (Å²) < 4.78 is 9.85. The molecule has 1 amide bonds. The van der Waals surface area contributed by atoms with Gasteiger partial charge in [-0.1, -0.05) is 11.2 Å². The van der Waals surface area contributed by atoms with Crippen LogP contribution >= 0.6 is 0 Å². The van der Waals surface area contributed by atoms with Gasteiger partial charge in [-0.3, -0.25) is 5.32 Å². The number of aromatic nitrogens is 1. The Kier molecular flexibility index (Phi) is 3.71. The number of carbonyl (C=O) groups is 1. The zero-order chi connectivity index (χ0) is 12.2. The summed E-state index contributed by atoms with van der Waals surface area (Å²) in [5.41, 5.74) is 0.229. The van der Waals surface area contributed by atoms with E-state index in [0.29, 0.717) is 12.2 Å². The summed E-state index contributed by atoms with van der Waals surface area (Å²) in [7, 11) is 0. The first-order valence-electron chi connectivity index (χ1n) is 4.96. The summed E-state index contributed by atoms with van der Waals surface area (Å²) in [4.78, 5) is 11.4. The van der Waals surface area contributed by atoms with Crippen molar-refractivity contribution in [3.05, 3.63) is 24.5 Å². The van der Waals surface area contributed by atoms with Gasteiger partial charge < -0.3 is 9.26 Å². The van der Waals surface area contributed by atoms with Crippen LogP contribution in [0.15, 0.2) is 23.4 Å². The average molecular weight is 224 g/mol. The topological polar surface area (TPSA) is 64.4 Å². The third kappa shape index (κ3) is 3.76. The number of hydrogen-bond donors (Lipinski definition) is 1. The van der Waals surface area contributed by atoms with Crippen LogP contribution in [0.2, 0.25) is 0 Å². The molecule has 1 aromatic rings. The van der Waals surface area contributed by atoms with E-state index >= 15 is 0 Å². The van der Waals surface area contributed by atoms with Crippen molar-refractivity contribution in [1.29, 1.82) is 0 Å². The van der Waals surface area contributed by atoms with E-state index in [2.05, 4.69) is 17.1 Å². The summed E-state index contributed by atoms with van der Waals surface area (Å²) in [6, 6.07) is 0. The van der Waals surface area contributed by atoms with Crippen molar-refractivity contribution in [1.82, 2.24) is 5.16 Å². The van der Waals surface area contributed by atoms with Crippen LogP contribution in [0.5, 0.6) is 0 Å². The Bertz CT molecular complexity index is 377. The molecule has 1 heterocycles. The molecule has 0 aliphatic rings. The lowest BCUT2D eigenvalue weighted by Gasteiger charge is -2.19. The molecule has 1 N–H and O–H groups in total. The lowest BCUT2D eigenvalue weighted by molar-refractivity contribution is 0.0634. The maximum atomic E-state index is 11.4. The van der Waals surface area contributed by atoms with Crippen LogP contribution < -0.4 is 5.32 Å². The van der Waals surface area contributed by atoms with Crippen molar-refractivity contribution in [3.63, 3.8) is 0 Å². The molecule has 16 heavy (non-hydrogen) atoms. The lowest BCUT2D eigenvalue weighted by Crippen LogP contribution is -2.27. The van der Waals surface area contributed by atoms with E-state index in [1.807, 2.05) is 0 Å². The van der Waals surface area contributed by atoms with Gasteiger partial charge in [-0.15, -0.1) is 6.58 Å². The van der Waals surface area contributed by atoms with Crippen molar-refractivity contribution < 1.29 is 14.1 Å². The standard InChI is InChI=1S/C11H16N2O3/c1-5-6-8-7-15-13-9(8)12-10(14)16-11(2,3)4/h5,7H,1,6H2,2-4H3,(H,12,13,14). The largest absolute Gasteiger partial charge is 0.444 e. The van der Waals surface area contributed by atoms with E-state index in [0.717, 1.165) is 5.56 Å². The number of allylic oxidation sites excluding steroid dienone is 1. The molecule has 0 radical (unpaired) electrons. The summed E-state index contributed by atoms with van der Waals surface area (Å²) in [5, 5.41) is 6.19. The average Bonchev–Trinajstić information content (AvgIpc) is 2.50. The minimum atomic E-state index is -0.549. The Labute approximate surface area is 94.5 Å². The van der Waals surface area contributed by atoms with Crippen LogP contribution in [0, 0.1) is 0 Å². The van der Waals surface area contributed by atoms with Crippen LogP contribution in [0.4, 0.5) is 10.6 Å². The van der Waals surface area contributed by atoms with E-state index in [4.69, 9.17) is 9.26 Å². The number of hydrogen-bond acceptors (Lipinski definition) is 4. The molecule has 5 heteroatoms. The molecule has 1 rings (SSSR count). The smallest absolute Gasteiger partial charge is 0.413 e. The fraction of sp³-hybridized carbons (Fsp3) is 0.455. The third-order valence-electron chi connectivity index (χ3n) is 1.63. The number of nitrogens with one attached hydrogen (secondary N) is 1. The van der Waals surface area contributed by atoms with Crippen molar-refractivity contribution in [2.45, 2.75) is 32.8 Å². The Hall–Kier alpha value is -1.78. The fourth-order valence-electron chi connectivity index (χ4n) is 1.06. The lowest BCUT2D eigenvalue weighted by atomic mass is 10.2. The quantitative estimate of drug-likeness (QED) is 0.802. The highest BCUT2D eigenvalue weighted by molar-refractivity contribution is 5.84. The molecule has 88 valence electrons. The predicted molar refractivity (Wildman–Crippen MR) is 60.3 cm³/mol. The second-order valence-corrected chi connectivity index (χ2v) is 4.31. The number of ether oxygens (including phenoxy) is 1. The molecule has 0 atom stereocenters. The number of carbonyl (C=O) groups excluding carboxylic acids is 1. The number of amides is 1. The second-order valence-electron chi connectivity index (χ2n) is 4.31. The van der Waals surface area contributed by atoms with E-state index in [-0.39, 0.29) is 0 Å². The monoisotopic (exact) mass is 224 g/mol. The third-order valence-corrected chi connectivity index (χ3v) is 1.63. The first kappa shape index (κ1) is 12.3. The number of anilines is 1. The normalized spacial score (nSPS) is 10.9. The summed E-state index contributed by atoms with van der Waals surface area (Å²) in [6.45, 7) is 8.98. The number of rotatable bonds is 3. The van der Waals surface area contributed by atoms with Crippen molar-refractivity contribution in [3.8, 4) is 0 Å². The van der Waals surface area contributed by atoms with Gasteiger partial charge in [-0.25, -0.2) is 4.79 Å². The molecular weight excluding hydrogens is 208 g/mol. The zero-order valence-corrected chi connectivity index (χ0v) is 9.74. The van der Waals surface area contributed by atoms with E-state index in [9.17, 15) is 4.79 Å². The van der Waals surface area contributed by atoms with Gasteiger partial charge in [0.15, 0.2) is 5.82 Å². The molecule has 0 saturated heterocycles. The van der Waals surface area contributed by atoms with Crippen molar-refractivity contribution >= 4 is 11.9 Å². The molecule has 0 aliphatic heterocycles. The SMILES string of the molecule is C=CCc1conc1NC(=O)OC(C)(C)C. The van der Waals surface area contributed by atoms with E-state index < -0.39 is 11.7 Å². The number of nitrogens with zero attached hydrogens (tertiary/aromatic N) is 1. The highest BCUT2D eigenvalue weighted by atomic mass is 16.6. The Morgan fingerprint density at radius 3 is 2.94 bits per heavy atom. The summed E-state index contributed by atoms with van der Waals surface area (Å²) >= 11 is 0. The first-order chi connectivity index (χ1) is 7.42. The maximum Gasteiger partial charge on any atom is 0.413 e. The fourth-order valence-corrected chi connectivity index (χ4v) is 1.06. The van der Waals surface area contributed by atoms with Gasteiger partial charge in [0.05, 0.1) is 0 Å². The van der Waals surface area contributed by atoms with E-state index in [1.165, 1.54) is 6.26 Å². The van der Waals surface area contributed by atoms with Crippen LogP contribution in [0.1, 0.15) is 26.3 Å². The van der Waals surface area contributed by atoms with Gasteiger partial charge in [-0.2, -0.15) is 0 Å². The van der Waals surface area contributed by atoms with Gasteiger partial charge in [0.25, 0.3) is 0 Å². The van der Waals surface area contributed by atoms with Gasteiger partial charge in [0.2, 0.25) is 0 Å². The van der Waals surface area contributed by atoms with Crippen molar-refractivity contribution in [2.24, 2.45) is 0 Å². The van der Waals surface area contributed by atoms with Gasteiger partial charge in [-0.05, 0) is 27.2 Å². The molecule has 0 spiro atoms. The molecule has 0 aromatic carbocycles. The van der Waals surface area contributed by atoms with Crippen LogP contribution in [0.3, 0.4) is 0 Å². The van der Waals surface area contributed by atoms with Crippen LogP contribution in [0.25, 0.3) is 0 Å². The Balaban J connectivity index is 2.62. The van der Waals surface area contributed by atoms with Crippen LogP contribution in [-0.2, 0) is 11.2 Å².